The highest BCUT2D eigenvalue weighted by Gasteiger charge is 2.24. The van der Waals surface area contributed by atoms with Crippen LogP contribution in [0.1, 0.15) is 40.3 Å². The van der Waals surface area contributed by atoms with Crippen LogP contribution in [0.25, 0.3) is 11.0 Å². The predicted octanol–water partition coefficient (Wildman–Crippen LogP) is 7.02. The number of hydrogen-bond acceptors (Lipinski definition) is 5. The zero-order valence-electron chi connectivity index (χ0n) is 18.5. The molecule has 4 aromatic rings. The smallest absolute Gasteiger partial charge is 0.255 e. The first-order valence-electron chi connectivity index (χ1n) is 10.6. The molecule has 0 aliphatic carbocycles. The van der Waals surface area contributed by atoms with Crippen LogP contribution in [0.5, 0.6) is 11.5 Å². The predicted molar refractivity (Wildman–Crippen MR) is 133 cm³/mol. The molecule has 0 unspecified atom stereocenters. The third kappa shape index (κ3) is 4.74. The van der Waals surface area contributed by atoms with Gasteiger partial charge in [0.1, 0.15) is 11.3 Å². The minimum atomic E-state index is -0.501. The Kier molecular flexibility index (Phi) is 7.10. The number of carbonyl (C=O) groups excluding carboxylic acids is 2. The topological polar surface area (TPSA) is 77.8 Å². The van der Waals surface area contributed by atoms with Crippen molar-refractivity contribution in [1.82, 2.24) is 0 Å². The highest BCUT2D eigenvalue weighted by molar-refractivity contribution is 6.38. The van der Waals surface area contributed by atoms with E-state index in [2.05, 4.69) is 5.32 Å². The van der Waals surface area contributed by atoms with Gasteiger partial charge in [-0.05, 0) is 62.4 Å². The number of para-hydroxylation sites is 1. The Morgan fingerprint density at radius 1 is 0.882 bits per heavy atom. The summed E-state index contributed by atoms with van der Waals surface area (Å²) in [5.41, 5.74) is 1.34. The van der Waals surface area contributed by atoms with Gasteiger partial charge in [-0.25, -0.2) is 0 Å². The Morgan fingerprint density at radius 2 is 1.53 bits per heavy atom. The lowest BCUT2D eigenvalue weighted by molar-refractivity contribution is 0.101. The Morgan fingerprint density at radius 3 is 2.18 bits per heavy atom. The molecule has 1 N–H and O–H groups in total. The molecule has 174 valence electrons. The van der Waals surface area contributed by atoms with Crippen LogP contribution in [0.3, 0.4) is 0 Å². The number of nitrogens with one attached hydrogen (secondary N) is 1. The summed E-state index contributed by atoms with van der Waals surface area (Å²) in [6.45, 7) is 4.59. The molecule has 8 heteroatoms. The average molecular weight is 498 g/mol. The number of carbonyl (C=O) groups is 2. The molecule has 1 heterocycles. The van der Waals surface area contributed by atoms with E-state index in [1.165, 1.54) is 12.1 Å². The van der Waals surface area contributed by atoms with Gasteiger partial charge in [-0.15, -0.1) is 0 Å². The van der Waals surface area contributed by atoms with E-state index in [1.54, 1.807) is 55.5 Å². The second kappa shape index (κ2) is 10.2. The van der Waals surface area contributed by atoms with E-state index in [1.807, 2.05) is 6.92 Å². The van der Waals surface area contributed by atoms with Gasteiger partial charge < -0.3 is 19.2 Å². The fourth-order valence-electron chi connectivity index (χ4n) is 3.49. The number of furan rings is 1. The van der Waals surface area contributed by atoms with Crippen LogP contribution in [0.2, 0.25) is 10.0 Å². The van der Waals surface area contributed by atoms with Crippen molar-refractivity contribution in [2.45, 2.75) is 13.8 Å². The van der Waals surface area contributed by atoms with Crippen LogP contribution in [-0.4, -0.2) is 24.9 Å². The molecule has 0 aliphatic heterocycles. The maximum Gasteiger partial charge on any atom is 0.255 e. The quantitative estimate of drug-likeness (QED) is 0.264. The summed E-state index contributed by atoms with van der Waals surface area (Å²) in [6.07, 6.45) is 0. The lowest BCUT2D eigenvalue weighted by Crippen LogP contribution is -2.14. The molecule has 0 saturated carbocycles. The summed E-state index contributed by atoms with van der Waals surface area (Å²) < 4.78 is 16.7. The molecule has 0 fully saturated rings. The van der Waals surface area contributed by atoms with Crippen LogP contribution in [0.4, 0.5) is 5.69 Å². The lowest BCUT2D eigenvalue weighted by Gasteiger charge is -2.11. The van der Waals surface area contributed by atoms with Crippen molar-refractivity contribution in [3.05, 3.63) is 87.6 Å². The standard InChI is InChI=1S/C26H21Cl2NO5/c1-3-32-17-11-9-15(10-12-17)23(30)25-22(18-7-5-6-8-21(18)34-25)29-26(31)16-13-19(27)24(33-4-2)20(28)14-16/h5-14H,3-4H2,1-2H3,(H,29,31). The van der Waals surface area contributed by atoms with Crippen LogP contribution in [-0.2, 0) is 0 Å². The molecule has 0 radical (unpaired) electrons. The highest BCUT2D eigenvalue weighted by Crippen LogP contribution is 2.36. The number of hydrogen-bond donors (Lipinski definition) is 1. The van der Waals surface area contributed by atoms with Gasteiger partial charge in [0.15, 0.2) is 11.5 Å². The molecular formula is C26H21Cl2NO5. The van der Waals surface area contributed by atoms with Crippen molar-refractivity contribution in [2.75, 3.05) is 18.5 Å². The Balaban J connectivity index is 1.71. The number of benzene rings is 3. The fourth-order valence-corrected chi connectivity index (χ4v) is 4.08. The second-order valence-electron chi connectivity index (χ2n) is 7.25. The Bertz CT molecular complexity index is 1340. The van der Waals surface area contributed by atoms with Gasteiger partial charge in [-0.1, -0.05) is 35.3 Å². The Labute approximate surface area is 206 Å². The van der Waals surface area contributed by atoms with Crippen molar-refractivity contribution in [3.8, 4) is 11.5 Å². The summed E-state index contributed by atoms with van der Waals surface area (Å²) in [5.74, 6) is 0.0993. The zero-order chi connectivity index (χ0) is 24.2. The fraction of sp³-hybridized carbons (Fsp3) is 0.154. The molecule has 0 bridgehead atoms. The summed E-state index contributed by atoms with van der Waals surface area (Å²) >= 11 is 12.5. The maximum absolute atomic E-state index is 13.3. The van der Waals surface area contributed by atoms with Crippen molar-refractivity contribution < 1.29 is 23.5 Å². The summed E-state index contributed by atoms with van der Waals surface area (Å²) in [7, 11) is 0. The SMILES string of the molecule is CCOc1ccc(C(=O)c2oc3ccccc3c2NC(=O)c2cc(Cl)c(OCC)c(Cl)c2)cc1. The zero-order valence-corrected chi connectivity index (χ0v) is 20.0. The molecule has 3 aromatic carbocycles. The van der Waals surface area contributed by atoms with Crippen LogP contribution >= 0.6 is 23.2 Å². The summed E-state index contributed by atoms with van der Waals surface area (Å²) in [6, 6.07) is 16.7. The van der Waals surface area contributed by atoms with Gasteiger partial charge >= 0.3 is 0 Å². The monoisotopic (exact) mass is 497 g/mol. The molecule has 0 saturated heterocycles. The van der Waals surface area contributed by atoms with Gasteiger partial charge in [0.25, 0.3) is 5.91 Å². The van der Waals surface area contributed by atoms with E-state index < -0.39 is 5.91 Å². The first kappa shape index (κ1) is 23.7. The maximum atomic E-state index is 13.3. The molecule has 0 aliphatic rings. The third-order valence-corrected chi connectivity index (χ3v) is 5.58. The van der Waals surface area contributed by atoms with Gasteiger partial charge in [0.2, 0.25) is 5.78 Å². The molecule has 0 atom stereocenters. The molecule has 1 amide bonds. The van der Waals surface area contributed by atoms with E-state index in [0.29, 0.717) is 41.2 Å². The number of halogens is 2. The minimum absolute atomic E-state index is 0.0156. The van der Waals surface area contributed by atoms with E-state index in [9.17, 15) is 9.59 Å². The number of fused-ring (bicyclic) bond motifs is 1. The van der Waals surface area contributed by atoms with E-state index in [-0.39, 0.29) is 32.8 Å². The van der Waals surface area contributed by atoms with Crippen molar-refractivity contribution >= 4 is 51.5 Å². The average Bonchev–Trinajstić information content (AvgIpc) is 3.20. The summed E-state index contributed by atoms with van der Waals surface area (Å²) in [4.78, 5) is 26.4. The first-order chi connectivity index (χ1) is 16.4. The number of anilines is 1. The molecule has 6 nitrogen and oxygen atoms in total. The molecule has 1 aromatic heterocycles. The number of ketones is 1. The largest absolute Gasteiger partial charge is 0.494 e. The minimum Gasteiger partial charge on any atom is -0.494 e. The summed E-state index contributed by atoms with van der Waals surface area (Å²) in [5, 5.41) is 3.81. The van der Waals surface area contributed by atoms with Gasteiger partial charge in [0, 0.05) is 16.5 Å². The third-order valence-electron chi connectivity index (χ3n) is 5.02. The molecule has 4 rings (SSSR count). The number of amides is 1. The molecular weight excluding hydrogens is 477 g/mol. The van der Waals surface area contributed by atoms with Crippen LogP contribution in [0.15, 0.2) is 65.1 Å². The van der Waals surface area contributed by atoms with E-state index in [4.69, 9.17) is 37.1 Å². The first-order valence-corrected chi connectivity index (χ1v) is 11.4. The molecule has 34 heavy (non-hydrogen) atoms. The van der Waals surface area contributed by atoms with Gasteiger partial charge in [0.05, 0.1) is 28.9 Å². The van der Waals surface area contributed by atoms with E-state index >= 15 is 0 Å². The van der Waals surface area contributed by atoms with Gasteiger partial charge in [-0.2, -0.15) is 0 Å². The normalized spacial score (nSPS) is 10.8. The van der Waals surface area contributed by atoms with Gasteiger partial charge in [-0.3, -0.25) is 9.59 Å². The van der Waals surface area contributed by atoms with Crippen LogP contribution in [0, 0.1) is 0 Å². The van der Waals surface area contributed by atoms with Crippen molar-refractivity contribution in [3.63, 3.8) is 0 Å². The van der Waals surface area contributed by atoms with Crippen LogP contribution < -0.4 is 14.8 Å². The second-order valence-corrected chi connectivity index (χ2v) is 8.06. The lowest BCUT2D eigenvalue weighted by atomic mass is 10.1. The highest BCUT2D eigenvalue weighted by atomic mass is 35.5. The van der Waals surface area contributed by atoms with Crippen molar-refractivity contribution in [2.24, 2.45) is 0 Å². The van der Waals surface area contributed by atoms with E-state index in [0.717, 1.165) is 0 Å². The number of ether oxygens (including phenoxy) is 2. The molecule has 0 spiro atoms. The Hall–Kier alpha value is -3.48. The van der Waals surface area contributed by atoms with Crippen molar-refractivity contribution in [1.29, 1.82) is 0 Å². The number of rotatable bonds is 8.